The summed E-state index contributed by atoms with van der Waals surface area (Å²) >= 11 is 11.9. The quantitative estimate of drug-likeness (QED) is 0.556. The van der Waals surface area contributed by atoms with E-state index in [1.165, 1.54) is 48.7 Å². The van der Waals surface area contributed by atoms with Gasteiger partial charge >= 0.3 is 0 Å². The van der Waals surface area contributed by atoms with Gasteiger partial charge in [-0.05, 0) is 42.5 Å². The summed E-state index contributed by atoms with van der Waals surface area (Å²) in [7, 11) is -8.02. The van der Waals surface area contributed by atoms with E-state index in [1.807, 2.05) is 0 Å². The number of halogens is 2. The van der Waals surface area contributed by atoms with Gasteiger partial charge in [0.05, 0.1) is 33.4 Å². The van der Waals surface area contributed by atoms with Crippen molar-refractivity contribution in [2.45, 2.75) is 16.3 Å². The fourth-order valence-corrected chi connectivity index (χ4v) is 5.57. The van der Waals surface area contributed by atoms with E-state index in [4.69, 9.17) is 27.6 Å². The molecule has 7 nitrogen and oxygen atoms in total. The van der Waals surface area contributed by atoms with Crippen LogP contribution < -0.4 is 9.44 Å². The molecule has 0 amide bonds. The average molecular weight is 461 g/mol. The van der Waals surface area contributed by atoms with Crippen molar-refractivity contribution in [3.63, 3.8) is 0 Å². The van der Waals surface area contributed by atoms with Gasteiger partial charge in [-0.3, -0.25) is 4.72 Å². The summed E-state index contributed by atoms with van der Waals surface area (Å²) in [5.41, 5.74) is 0.0388. The molecule has 2 N–H and O–H groups in total. The van der Waals surface area contributed by atoms with Crippen molar-refractivity contribution in [3.8, 4) is 0 Å². The lowest BCUT2D eigenvalue weighted by Crippen LogP contribution is -2.23. The number of benzene rings is 2. The molecule has 0 aliphatic carbocycles. The van der Waals surface area contributed by atoms with E-state index in [0.717, 1.165) is 0 Å². The van der Waals surface area contributed by atoms with Crippen LogP contribution in [0.25, 0.3) is 0 Å². The van der Waals surface area contributed by atoms with Gasteiger partial charge in [-0.15, -0.1) is 0 Å². The van der Waals surface area contributed by atoms with Crippen LogP contribution in [-0.4, -0.2) is 16.8 Å². The summed E-state index contributed by atoms with van der Waals surface area (Å²) in [6, 6.07) is 12.9. The van der Waals surface area contributed by atoms with Crippen LogP contribution in [0.3, 0.4) is 0 Å². The van der Waals surface area contributed by atoms with Gasteiger partial charge in [0.1, 0.15) is 10.7 Å². The summed E-state index contributed by atoms with van der Waals surface area (Å²) in [6.45, 7) is -0.0412. The molecular formula is C17H14Cl2N2O5S2. The molecule has 0 aliphatic rings. The minimum absolute atomic E-state index is 0.0388. The van der Waals surface area contributed by atoms with Crippen LogP contribution in [0.2, 0.25) is 10.0 Å². The van der Waals surface area contributed by atoms with E-state index in [-0.39, 0.29) is 32.1 Å². The molecule has 28 heavy (non-hydrogen) atoms. The third kappa shape index (κ3) is 4.68. The smallest absolute Gasteiger partial charge is 0.264 e. The predicted molar refractivity (Wildman–Crippen MR) is 106 cm³/mol. The van der Waals surface area contributed by atoms with Crippen molar-refractivity contribution in [2.24, 2.45) is 0 Å². The monoisotopic (exact) mass is 460 g/mol. The number of rotatable bonds is 7. The molecule has 0 saturated carbocycles. The lowest BCUT2D eigenvalue weighted by Gasteiger charge is -2.12. The number of sulfonamides is 2. The second kappa shape index (κ2) is 8.14. The van der Waals surface area contributed by atoms with E-state index in [1.54, 1.807) is 12.1 Å². The topological polar surface area (TPSA) is 105 Å². The normalized spacial score (nSPS) is 12.1. The molecule has 0 fully saturated rings. The van der Waals surface area contributed by atoms with Crippen molar-refractivity contribution >= 4 is 48.9 Å². The third-order valence-corrected chi connectivity index (χ3v) is 7.34. The summed E-state index contributed by atoms with van der Waals surface area (Å²) in [5.74, 6) is 0.439. The number of nitrogens with one attached hydrogen (secondary N) is 2. The molecule has 1 aromatic heterocycles. The van der Waals surface area contributed by atoms with E-state index in [0.29, 0.717) is 5.76 Å². The Morgan fingerprint density at radius 3 is 2.18 bits per heavy atom. The third-order valence-electron chi connectivity index (χ3n) is 3.60. The molecule has 0 spiro atoms. The van der Waals surface area contributed by atoms with Crippen LogP contribution in [0.4, 0.5) is 5.69 Å². The fourth-order valence-electron chi connectivity index (χ4n) is 2.33. The Morgan fingerprint density at radius 2 is 1.54 bits per heavy atom. The first kappa shape index (κ1) is 20.7. The van der Waals surface area contributed by atoms with Gasteiger partial charge in [-0.2, -0.15) is 0 Å². The molecule has 148 valence electrons. The highest BCUT2D eigenvalue weighted by molar-refractivity contribution is 7.93. The van der Waals surface area contributed by atoms with Crippen molar-refractivity contribution in [3.05, 3.63) is 76.7 Å². The Morgan fingerprint density at radius 1 is 0.857 bits per heavy atom. The lowest BCUT2D eigenvalue weighted by molar-refractivity contribution is 0.498. The highest BCUT2D eigenvalue weighted by Gasteiger charge is 2.22. The Balaban J connectivity index is 1.85. The first-order valence-electron chi connectivity index (χ1n) is 7.78. The van der Waals surface area contributed by atoms with Crippen molar-refractivity contribution in [1.82, 2.24) is 4.72 Å². The molecule has 0 bridgehead atoms. The largest absolute Gasteiger partial charge is 0.468 e. The lowest BCUT2D eigenvalue weighted by atomic mass is 10.3. The molecule has 2 aromatic carbocycles. The zero-order valence-corrected chi connectivity index (χ0v) is 17.2. The van der Waals surface area contributed by atoms with Gasteiger partial charge in [-0.1, -0.05) is 35.3 Å². The first-order chi connectivity index (χ1) is 13.2. The minimum Gasteiger partial charge on any atom is -0.468 e. The van der Waals surface area contributed by atoms with E-state index in [2.05, 4.69) is 9.44 Å². The van der Waals surface area contributed by atoms with E-state index in [9.17, 15) is 16.8 Å². The van der Waals surface area contributed by atoms with Crippen LogP contribution >= 0.6 is 23.2 Å². The predicted octanol–water partition coefficient (Wildman–Crippen LogP) is 3.87. The first-order valence-corrected chi connectivity index (χ1v) is 11.5. The Labute approximate surface area is 172 Å². The van der Waals surface area contributed by atoms with Gasteiger partial charge in [0.15, 0.2) is 0 Å². The van der Waals surface area contributed by atoms with Crippen molar-refractivity contribution < 1.29 is 21.3 Å². The minimum atomic E-state index is -4.13. The van der Waals surface area contributed by atoms with Gasteiger partial charge in [0.2, 0.25) is 10.0 Å². The van der Waals surface area contributed by atoms with Crippen LogP contribution in [0.5, 0.6) is 0 Å². The molecule has 1 heterocycles. The second-order valence-corrected chi connectivity index (χ2v) is 9.79. The average Bonchev–Trinajstić information content (AvgIpc) is 3.13. The van der Waals surface area contributed by atoms with E-state index < -0.39 is 20.0 Å². The maximum absolute atomic E-state index is 12.6. The van der Waals surface area contributed by atoms with Gasteiger partial charge < -0.3 is 4.42 Å². The van der Waals surface area contributed by atoms with Gasteiger partial charge in [0.25, 0.3) is 10.0 Å². The fraction of sp³-hybridized carbons (Fsp3) is 0.0588. The summed E-state index contributed by atoms with van der Waals surface area (Å²) in [6.07, 6.45) is 1.43. The molecule has 11 heteroatoms. The van der Waals surface area contributed by atoms with Gasteiger partial charge in [0, 0.05) is 0 Å². The second-order valence-electron chi connectivity index (χ2n) is 5.59. The summed E-state index contributed by atoms with van der Waals surface area (Å²) in [4.78, 5) is -0.410. The number of anilines is 1. The summed E-state index contributed by atoms with van der Waals surface area (Å²) < 4.78 is 59.9. The Bertz CT molecular complexity index is 1170. The van der Waals surface area contributed by atoms with Crippen LogP contribution in [0.15, 0.2) is 75.1 Å². The zero-order chi connectivity index (χ0) is 20.4. The Kier molecular flexibility index (Phi) is 6.01. The molecule has 0 saturated heterocycles. The molecule has 0 atom stereocenters. The highest BCUT2D eigenvalue weighted by Crippen LogP contribution is 2.30. The molecule has 3 aromatic rings. The van der Waals surface area contributed by atoms with Crippen LogP contribution in [0, 0.1) is 0 Å². The van der Waals surface area contributed by atoms with Crippen LogP contribution in [-0.2, 0) is 26.6 Å². The molecular weight excluding hydrogens is 447 g/mol. The number of hydrogen-bond acceptors (Lipinski definition) is 5. The molecule has 0 unspecified atom stereocenters. The SMILES string of the molecule is O=S(=O)(NCc1ccco1)c1cccc(NS(=O)(=O)c2c(Cl)cccc2Cl)c1. The molecule has 0 aliphatic heterocycles. The maximum Gasteiger partial charge on any atom is 0.264 e. The number of hydrogen-bond donors (Lipinski definition) is 2. The summed E-state index contributed by atoms with van der Waals surface area (Å²) in [5, 5.41) is -0.104. The zero-order valence-electron chi connectivity index (χ0n) is 14.1. The molecule has 3 rings (SSSR count). The van der Waals surface area contributed by atoms with E-state index >= 15 is 0 Å². The molecule has 0 radical (unpaired) electrons. The highest BCUT2D eigenvalue weighted by atomic mass is 35.5. The van der Waals surface area contributed by atoms with Gasteiger partial charge in [-0.25, -0.2) is 21.6 Å². The van der Waals surface area contributed by atoms with Crippen molar-refractivity contribution in [1.29, 1.82) is 0 Å². The maximum atomic E-state index is 12.6. The Hall–Kier alpha value is -2.04. The van der Waals surface area contributed by atoms with Crippen molar-refractivity contribution in [2.75, 3.05) is 4.72 Å². The standard InChI is InChI=1S/C17H14Cl2N2O5S2/c18-15-7-2-8-16(19)17(15)28(24,25)21-12-4-1-6-14(10-12)27(22,23)20-11-13-5-3-9-26-13/h1-10,20-21H,11H2. The van der Waals surface area contributed by atoms with Crippen LogP contribution in [0.1, 0.15) is 5.76 Å². The number of furan rings is 1.